The average Bonchev–Trinajstić information content (AvgIpc) is 3.04. The van der Waals surface area contributed by atoms with Crippen LogP contribution in [0, 0.1) is 10.1 Å². The zero-order valence-corrected chi connectivity index (χ0v) is 25.3. The van der Waals surface area contributed by atoms with Crippen molar-refractivity contribution >= 4 is 0 Å². The lowest BCUT2D eigenvalue weighted by Crippen LogP contribution is -2.62. The summed E-state index contributed by atoms with van der Waals surface area (Å²) in [4.78, 5) is 17.7. The van der Waals surface area contributed by atoms with Crippen LogP contribution in [0.15, 0.2) is 42.5 Å². The van der Waals surface area contributed by atoms with Crippen molar-refractivity contribution in [2.24, 2.45) is 0 Å². The fourth-order valence-electron chi connectivity index (χ4n) is 7.28. The predicted molar refractivity (Wildman–Crippen MR) is 158 cm³/mol. The second kappa shape index (κ2) is 11.5. The molecule has 228 valence electrons. The van der Waals surface area contributed by atoms with Crippen LogP contribution in [-0.2, 0) is 12.8 Å². The molecule has 0 bridgehead atoms. The number of ether oxygens (including phenoxy) is 6. The van der Waals surface area contributed by atoms with E-state index in [1.165, 1.54) is 0 Å². The molecule has 11 nitrogen and oxygen atoms in total. The maximum atomic E-state index is 13.3. The summed E-state index contributed by atoms with van der Waals surface area (Å²) in [7, 11) is 9.60. The molecule has 0 radical (unpaired) electrons. The number of methoxy groups -OCH3 is 6. The van der Waals surface area contributed by atoms with Crippen molar-refractivity contribution in [3.05, 3.63) is 80.4 Å². The molecule has 3 heterocycles. The van der Waals surface area contributed by atoms with Crippen LogP contribution in [-0.4, -0.2) is 76.5 Å². The Kier molecular flexibility index (Phi) is 7.70. The average molecular weight is 592 g/mol. The summed E-state index contributed by atoms with van der Waals surface area (Å²) >= 11 is 0. The van der Waals surface area contributed by atoms with E-state index in [1.807, 2.05) is 42.5 Å². The van der Waals surface area contributed by atoms with E-state index in [2.05, 4.69) is 9.80 Å². The SMILES string of the molecule is COc1ccc([C@@H]2[C@@H]([N+](=O)[O-])[C@@H]3c4cc(OC)c(OC)cc4CCN3[C@@H]3c4cc(OC)c(OC)cc4CCN32)cc1OC. The molecule has 3 aromatic carbocycles. The highest BCUT2D eigenvalue weighted by atomic mass is 16.6. The van der Waals surface area contributed by atoms with Gasteiger partial charge in [-0.15, -0.1) is 0 Å². The molecular formula is C32H37N3O8. The third-order valence-corrected chi connectivity index (χ3v) is 9.15. The normalized spacial score (nSPS) is 22.7. The first-order valence-corrected chi connectivity index (χ1v) is 14.3. The van der Waals surface area contributed by atoms with E-state index >= 15 is 0 Å². The first-order chi connectivity index (χ1) is 20.9. The Morgan fingerprint density at radius 2 is 1.09 bits per heavy atom. The molecule has 1 saturated heterocycles. The molecule has 43 heavy (non-hydrogen) atoms. The molecule has 0 saturated carbocycles. The lowest BCUT2D eigenvalue weighted by atomic mass is 9.77. The molecule has 3 aliphatic heterocycles. The summed E-state index contributed by atoms with van der Waals surface area (Å²) in [5, 5.41) is 13.3. The van der Waals surface area contributed by atoms with Gasteiger partial charge in [0.25, 0.3) is 6.04 Å². The van der Waals surface area contributed by atoms with Crippen LogP contribution < -0.4 is 28.4 Å². The number of rotatable bonds is 8. The highest BCUT2D eigenvalue weighted by molar-refractivity contribution is 5.53. The number of nitro groups is 1. The Hall–Kier alpha value is -4.22. The number of benzene rings is 3. The van der Waals surface area contributed by atoms with Crippen molar-refractivity contribution in [3.8, 4) is 34.5 Å². The van der Waals surface area contributed by atoms with Crippen molar-refractivity contribution in [1.29, 1.82) is 0 Å². The third kappa shape index (κ3) is 4.58. The molecular weight excluding hydrogens is 554 g/mol. The van der Waals surface area contributed by atoms with Crippen molar-refractivity contribution in [1.82, 2.24) is 9.80 Å². The minimum absolute atomic E-state index is 0.120. The summed E-state index contributed by atoms with van der Waals surface area (Å²) in [5.74, 6) is 3.55. The maximum absolute atomic E-state index is 13.3. The molecule has 0 unspecified atom stereocenters. The molecule has 11 heteroatoms. The van der Waals surface area contributed by atoms with Crippen LogP contribution >= 0.6 is 0 Å². The van der Waals surface area contributed by atoms with Gasteiger partial charge in [-0.1, -0.05) is 6.07 Å². The second-order valence-electron chi connectivity index (χ2n) is 10.9. The van der Waals surface area contributed by atoms with Crippen molar-refractivity contribution in [3.63, 3.8) is 0 Å². The van der Waals surface area contributed by atoms with E-state index < -0.39 is 18.1 Å². The minimum Gasteiger partial charge on any atom is -0.493 e. The molecule has 0 N–H and O–H groups in total. The van der Waals surface area contributed by atoms with Crippen LogP contribution in [0.1, 0.15) is 46.1 Å². The first-order valence-electron chi connectivity index (χ1n) is 14.3. The molecule has 0 spiro atoms. The molecule has 4 atom stereocenters. The van der Waals surface area contributed by atoms with E-state index in [0.29, 0.717) is 60.4 Å². The van der Waals surface area contributed by atoms with E-state index in [1.54, 1.807) is 42.7 Å². The summed E-state index contributed by atoms with van der Waals surface area (Å²) in [6.45, 7) is 1.25. The fraction of sp³-hybridized carbons (Fsp3) is 0.438. The Labute approximate surface area is 250 Å². The molecule has 1 fully saturated rings. The van der Waals surface area contributed by atoms with Gasteiger partial charge in [0.2, 0.25) is 0 Å². The summed E-state index contributed by atoms with van der Waals surface area (Å²) in [6, 6.07) is 11.5. The predicted octanol–water partition coefficient (Wildman–Crippen LogP) is 4.59. The van der Waals surface area contributed by atoms with E-state index in [0.717, 1.165) is 27.8 Å². The van der Waals surface area contributed by atoms with Crippen LogP contribution in [0.25, 0.3) is 0 Å². The number of hydrogen-bond donors (Lipinski definition) is 0. The molecule has 0 amide bonds. The van der Waals surface area contributed by atoms with Crippen LogP contribution in [0.3, 0.4) is 0 Å². The summed E-state index contributed by atoms with van der Waals surface area (Å²) < 4.78 is 33.8. The highest BCUT2D eigenvalue weighted by Crippen LogP contribution is 2.55. The second-order valence-corrected chi connectivity index (χ2v) is 10.9. The van der Waals surface area contributed by atoms with Gasteiger partial charge >= 0.3 is 0 Å². The van der Waals surface area contributed by atoms with Gasteiger partial charge in [-0.3, -0.25) is 19.9 Å². The molecule has 3 aliphatic rings. The van der Waals surface area contributed by atoms with Crippen molar-refractivity contribution in [2.75, 3.05) is 55.7 Å². The molecule has 6 rings (SSSR count). The highest BCUT2D eigenvalue weighted by Gasteiger charge is 2.58. The van der Waals surface area contributed by atoms with Gasteiger partial charge in [-0.05, 0) is 77.1 Å². The summed E-state index contributed by atoms with van der Waals surface area (Å²) in [6.07, 6.45) is 1.18. The quantitative estimate of drug-likeness (QED) is 0.273. The number of hydrogen-bond acceptors (Lipinski definition) is 10. The van der Waals surface area contributed by atoms with Gasteiger partial charge in [0, 0.05) is 18.0 Å². The largest absolute Gasteiger partial charge is 0.493 e. The van der Waals surface area contributed by atoms with E-state index in [4.69, 9.17) is 28.4 Å². The zero-order chi connectivity index (χ0) is 30.4. The Morgan fingerprint density at radius 1 is 0.628 bits per heavy atom. The van der Waals surface area contributed by atoms with Gasteiger partial charge in [0.15, 0.2) is 34.5 Å². The van der Waals surface area contributed by atoms with E-state index in [-0.39, 0.29) is 11.1 Å². The fourth-order valence-corrected chi connectivity index (χ4v) is 7.28. The van der Waals surface area contributed by atoms with Gasteiger partial charge in [-0.25, -0.2) is 0 Å². The van der Waals surface area contributed by atoms with Crippen molar-refractivity contribution in [2.45, 2.75) is 37.1 Å². The van der Waals surface area contributed by atoms with Gasteiger partial charge in [0.1, 0.15) is 12.1 Å². The molecule has 0 aromatic heterocycles. The lowest BCUT2D eigenvalue weighted by molar-refractivity contribution is -0.550. The zero-order valence-electron chi connectivity index (χ0n) is 25.3. The standard InChI is InChI=1S/C32H37N3O8/c1-38-23-8-7-20(15-24(23)39-2)29-31(35(36)37)30-21-16-27(42-5)25(40-3)13-18(21)9-12-34(30)32-22-17-28(43-6)26(41-4)14-19(22)10-11-33(29)32/h7-8,13-17,29-32H,9-12H2,1-6H3/t29-,30+,31-,32-/m1/s1. The van der Waals surface area contributed by atoms with Gasteiger partial charge in [-0.2, -0.15) is 0 Å². The summed E-state index contributed by atoms with van der Waals surface area (Å²) in [5.41, 5.74) is 4.89. The monoisotopic (exact) mass is 591 g/mol. The smallest absolute Gasteiger partial charge is 0.251 e. The lowest BCUT2D eigenvalue weighted by Gasteiger charge is -2.56. The first kappa shape index (κ1) is 28.9. The number of fused-ring (bicyclic) bond motifs is 7. The van der Waals surface area contributed by atoms with Gasteiger partial charge in [0.05, 0.1) is 48.8 Å². The Balaban J connectivity index is 1.60. The molecule has 0 aliphatic carbocycles. The number of nitrogens with zero attached hydrogens (tertiary/aromatic N) is 3. The topological polar surface area (TPSA) is 105 Å². The van der Waals surface area contributed by atoms with Gasteiger partial charge < -0.3 is 28.4 Å². The maximum Gasteiger partial charge on any atom is 0.251 e. The van der Waals surface area contributed by atoms with Crippen LogP contribution in [0.4, 0.5) is 0 Å². The van der Waals surface area contributed by atoms with Crippen LogP contribution in [0.5, 0.6) is 34.5 Å². The minimum atomic E-state index is -0.992. The van der Waals surface area contributed by atoms with E-state index in [9.17, 15) is 10.1 Å². The Morgan fingerprint density at radius 3 is 1.63 bits per heavy atom. The van der Waals surface area contributed by atoms with Crippen molar-refractivity contribution < 1.29 is 33.3 Å². The third-order valence-electron chi connectivity index (χ3n) is 9.15. The Bertz CT molecular complexity index is 1550. The van der Waals surface area contributed by atoms with Crippen LogP contribution in [0.2, 0.25) is 0 Å². The molecule has 3 aromatic rings.